The molecule has 132 heavy (non-hydrogen) atoms. The number of methoxy groups -OCH3 is 2. The Morgan fingerprint density at radius 1 is 0.697 bits per heavy atom. The van der Waals surface area contributed by atoms with Gasteiger partial charge in [-0.05, 0) is 144 Å². The third-order valence-electron chi connectivity index (χ3n) is 24.5. The van der Waals surface area contributed by atoms with E-state index in [9.17, 15) is 53.7 Å². The Kier molecular flexibility index (Phi) is 41.9. The van der Waals surface area contributed by atoms with Crippen LogP contribution < -0.4 is 33.2 Å². The lowest BCUT2D eigenvalue weighted by Gasteiger charge is -2.42. The average Bonchev–Trinajstić information content (AvgIpc) is 1.50. The molecule has 724 valence electrons. The van der Waals surface area contributed by atoms with Crippen molar-refractivity contribution in [2.45, 2.75) is 211 Å². The van der Waals surface area contributed by atoms with Gasteiger partial charge in [-0.2, -0.15) is 10.1 Å². The number of carbonyl (C=O) groups is 8. The van der Waals surface area contributed by atoms with Crippen molar-refractivity contribution < 1.29 is 110 Å². The summed E-state index contributed by atoms with van der Waals surface area (Å²) in [5, 5.41) is 57.8. The van der Waals surface area contributed by atoms with Crippen LogP contribution in [0.3, 0.4) is 0 Å². The Bertz CT molecular complexity index is 4860. The van der Waals surface area contributed by atoms with E-state index in [1.54, 1.807) is 74.8 Å². The maximum absolute atomic E-state index is 14.8. The van der Waals surface area contributed by atoms with Gasteiger partial charge in [0.2, 0.25) is 17.6 Å². The molecule has 2 saturated heterocycles. The highest BCUT2D eigenvalue weighted by atomic mass is 16.6. The summed E-state index contributed by atoms with van der Waals surface area (Å²) in [4.78, 5) is 124. The molecule has 7 heterocycles. The van der Waals surface area contributed by atoms with Crippen LogP contribution in [0.5, 0.6) is 0 Å². The summed E-state index contributed by atoms with van der Waals surface area (Å²) in [6, 6.07) is 10.1. The molecule has 4 amide bonds. The fourth-order valence-electron chi connectivity index (χ4n) is 16.9. The van der Waals surface area contributed by atoms with E-state index >= 15 is 0 Å². The molecule has 2 bridgehead atoms. The number of aromatic nitrogens is 8. The number of nitrogens with one attached hydrogen (secondary N) is 3. The largest absolute Gasteiger partial charge is 0.459 e. The zero-order chi connectivity index (χ0) is 94.6. The number of aliphatic hydroxyl groups excluding tert-OH is 2. The number of hydrogen-bond donors (Lipinski definition) is 9. The number of aliphatic hydroxyl groups is 3. The number of carbonyl (C=O) groups excluding carboxylic acids is 8. The van der Waals surface area contributed by atoms with Crippen LogP contribution in [0.4, 0.5) is 11.8 Å². The molecule has 15 atom stereocenters. The third kappa shape index (κ3) is 30.8. The zero-order valence-electron chi connectivity index (χ0n) is 77.3. The number of piperidine rings is 1. The van der Waals surface area contributed by atoms with E-state index in [0.29, 0.717) is 181 Å². The van der Waals surface area contributed by atoms with Crippen molar-refractivity contribution >= 4 is 80.9 Å². The number of unbranched alkanes of at least 4 members (excludes halogenated alkanes) is 1. The molecule has 4 aromatic heterocycles. The SMILES string of the molecule is CO[C@H]1C[C@@H]2CC[C@@H](C)[C@@](O)(O2)C(=O)C(=O)N2CCCC[C@H]2C(=O)O[C@H]([C@H](N)C[C@@H]2CC[C@H](n3cc(-c4cccc(C(=O)NCCOCCOCCOCCC(=O)NCCOCCOCCOCCOCCC(=O)NCCCCn5nc(-c6ccc7oc(N)nc7c6)c6c(N)ncnc65)c4)nn3)[C@H](OC)C2)CC(=O)[C@H](C)/C=C(\C)[C@@H](O)[C@@H](O)C(=O)[C@H](C)C[C@H](C)/C=C/C=C/C=C/1C. The number of ether oxygens (including phenoxy) is 11. The molecule has 10 rings (SSSR count). The highest BCUT2D eigenvalue weighted by molar-refractivity contribution is 6.39. The number of nitrogens with two attached hydrogens (primary N) is 3. The topological polar surface area (TPSA) is 517 Å². The maximum atomic E-state index is 14.8. The first kappa shape index (κ1) is 104. The van der Waals surface area contributed by atoms with E-state index in [0.717, 1.165) is 28.9 Å². The minimum Gasteiger partial charge on any atom is -0.459 e. The molecule has 38 heteroatoms. The number of aryl methyl sites for hydroxylation is 1. The Morgan fingerprint density at radius 2 is 1.37 bits per heavy atom. The highest BCUT2D eigenvalue weighted by Gasteiger charge is 2.53. The molecule has 3 fully saturated rings. The molecule has 1 aliphatic carbocycles. The Hall–Kier alpha value is -10.0. The summed E-state index contributed by atoms with van der Waals surface area (Å²) >= 11 is 0. The summed E-state index contributed by atoms with van der Waals surface area (Å²) in [5.74, 6) is -9.50. The van der Waals surface area contributed by atoms with Crippen LogP contribution in [0, 0.1) is 29.6 Å². The number of allylic oxidation sites excluding steroid dienone is 6. The average molecular weight is 1840 g/mol. The molecular formula is C94H135N15O23. The maximum Gasteiger partial charge on any atom is 0.329 e. The second kappa shape index (κ2) is 53.2. The lowest BCUT2D eigenvalue weighted by molar-refractivity contribution is -0.265. The van der Waals surface area contributed by atoms with Gasteiger partial charge in [-0.3, -0.25) is 33.6 Å². The summed E-state index contributed by atoms with van der Waals surface area (Å²) in [7, 11) is 3.15. The third-order valence-corrected chi connectivity index (χ3v) is 24.5. The molecule has 12 N–H and O–H groups in total. The standard InChI is InChI=1S/C94H135N15O23/c1-59-17-10-9-11-18-60(2)77(121-7)55-69-25-22-64(6)94(120,132-69)87(116)91(118)107-33-14-12-21-74(107)92(119)130-78(56-75(110)61(3)50-63(5)85(114)86(115)84(113)62(4)49-59)70(95)51-65-23-26-73(79(52-65)122-8)109-57-72(104-106-109)66-19-16-20-68(53-66)90(117)100-32-38-126-42-46-127-43-39-124-36-29-81(112)99-31-37-125-41-45-129-48-47-128-44-40-123-35-28-80(111)98-30-13-15-34-108-89-82(88(96)101-58-102-89)83(105-108)67-24-27-76-71(54-67)103-93(97)131-76/h9-11,16-20,24,27,50,53-54,57-59,61-62,64-65,69-70,73-74,77-79,85-86,114-115,120H,12-15,21-23,25-26,28-49,51-52,55-56,95H2,1-8H3,(H2,97,103)(H,98,111)(H,99,112)(H,100,117)(H2,96,101,102)/b11-9+,17-10+,60-18+,63-50+/t59-,61-,62-,64-,65+,69+,70-,73+,74+,77+,78+,79-,85-,86+,94-/m1/s1. The fraction of sp³-hybridized carbons (Fsp3) is 0.617. The summed E-state index contributed by atoms with van der Waals surface area (Å²) < 4.78 is 72.6. The Balaban J connectivity index is 0.570. The number of ketones is 3. The number of rotatable bonds is 41. The van der Waals surface area contributed by atoms with E-state index in [-0.39, 0.29) is 125 Å². The number of anilines is 2. The molecule has 0 spiro atoms. The minimum absolute atomic E-state index is 0.0000845. The molecule has 38 nitrogen and oxygen atoms in total. The predicted molar refractivity (Wildman–Crippen MR) is 487 cm³/mol. The summed E-state index contributed by atoms with van der Waals surface area (Å²) in [5.41, 5.74) is 24.9. The van der Waals surface area contributed by atoms with Crippen molar-refractivity contribution in [3.8, 4) is 22.5 Å². The molecular weight excluding hydrogens is 1710 g/mol. The number of nitrogens with zero attached hydrogens (tertiary/aromatic N) is 9. The molecule has 2 aromatic carbocycles. The van der Waals surface area contributed by atoms with E-state index in [1.165, 1.54) is 19.3 Å². The van der Waals surface area contributed by atoms with Gasteiger partial charge in [-0.1, -0.05) is 81.5 Å². The number of esters is 1. The Morgan fingerprint density at radius 3 is 2.06 bits per heavy atom. The number of amides is 4. The first-order valence-electron chi connectivity index (χ1n) is 46.1. The summed E-state index contributed by atoms with van der Waals surface area (Å²) in [6.07, 6.45) is 13.7. The van der Waals surface area contributed by atoms with Crippen LogP contribution in [0.2, 0.25) is 0 Å². The van der Waals surface area contributed by atoms with Gasteiger partial charge in [0.25, 0.3) is 23.6 Å². The van der Waals surface area contributed by atoms with Gasteiger partial charge < -0.3 is 110 Å². The van der Waals surface area contributed by atoms with Crippen molar-refractivity contribution in [2.24, 2.45) is 35.3 Å². The second-order valence-corrected chi connectivity index (χ2v) is 34.4. The van der Waals surface area contributed by atoms with Crippen LogP contribution in [0.25, 0.3) is 44.6 Å². The van der Waals surface area contributed by atoms with Crippen LogP contribution in [0.15, 0.2) is 107 Å². The van der Waals surface area contributed by atoms with Crippen LogP contribution in [-0.4, -0.2) is 294 Å². The molecule has 3 aliphatic heterocycles. The first-order chi connectivity index (χ1) is 63.6. The number of benzene rings is 2. The van der Waals surface area contributed by atoms with E-state index in [2.05, 4.69) is 41.2 Å². The fourth-order valence-corrected chi connectivity index (χ4v) is 16.9. The van der Waals surface area contributed by atoms with E-state index in [4.69, 9.17) is 78.8 Å². The quantitative estimate of drug-likeness (QED) is 0.00823. The lowest BCUT2D eigenvalue weighted by Crippen LogP contribution is -2.61. The number of hydrogen-bond acceptors (Lipinski definition) is 32. The highest BCUT2D eigenvalue weighted by Crippen LogP contribution is 2.40. The van der Waals surface area contributed by atoms with Gasteiger partial charge in [0.05, 0.1) is 128 Å². The molecule has 6 aromatic rings. The van der Waals surface area contributed by atoms with Crippen LogP contribution in [-0.2, 0) is 92.2 Å². The number of fused-ring (bicyclic) bond motifs is 5. The van der Waals surface area contributed by atoms with E-state index in [1.807, 2.05) is 62.4 Å². The van der Waals surface area contributed by atoms with Crippen molar-refractivity contribution in [1.29, 1.82) is 0 Å². The van der Waals surface area contributed by atoms with Crippen molar-refractivity contribution in [3.05, 3.63) is 108 Å². The molecule has 0 unspecified atom stereocenters. The second-order valence-electron chi connectivity index (χ2n) is 34.4. The van der Waals surface area contributed by atoms with Gasteiger partial charge in [0, 0.05) is 113 Å². The predicted octanol–water partition coefficient (Wildman–Crippen LogP) is 6.81. The zero-order valence-corrected chi connectivity index (χ0v) is 77.3. The summed E-state index contributed by atoms with van der Waals surface area (Å²) in [6.45, 7) is 16.2. The smallest absolute Gasteiger partial charge is 0.329 e. The van der Waals surface area contributed by atoms with E-state index < -0.39 is 108 Å². The van der Waals surface area contributed by atoms with Crippen molar-refractivity contribution in [3.63, 3.8) is 0 Å². The Labute approximate surface area is 769 Å². The van der Waals surface area contributed by atoms with Gasteiger partial charge in [0.15, 0.2) is 17.0 Å². The first-order valence-corrected chi connectivity index (χ1v) is 46.1. The molecule has 0 radical (unpaired) electrons. The monoisotopic (exact) mass is 1840 g/mol. The lowest BCUT2D eigenvalue weighted by atomic mass is 9.79. The van der Waals surface area contributed by atoms with Gasteiger partial charge >= 0.3 is 5.97 Å². The van der Waals surface area contributed by atoms with Gasteiger partial charge in [0.1, 0.15) is 59.2 Å². The van der Waals surface area contributed by atoms with Crippen molar-refractivity contribution in [2.75, 3.05) is 144 Å². The van der Waals surface area contributed by atoms with Crippen molar-refractivity contribution in [1.82, 2.24) is 60.6 Å². The number of Topliss-reactive ketones (excluding diaryl/α,β-unsaturated/α-hetero) is 3. The normalized spacial score (nSPS) is 25.8. The number of cyclic esters (lactones) is 1. The molecule has 1 saturated carbocycles. The number of nitrogen functional groups attached to an aromatic ring is 2. The van der Waals surface area contributed by atoms with Gasteiger partial charge in [-0.25, -0.2) is 24.1 Å². The van der Waals surface area contributed by atoms with Gasteiger partial charge in [-0.15, -0.1) is 5.10 Å². The van der Waals surface area contributed by atoms with Crippen LogP contribution >= 0.6 is 0 Å². The number of oxazole rings is 1. The minimum atomic E-state index is -2.51. The molecule has 4 aliphatic rings. The van der Waals surface area contributed by atoms with Crippen LogP contribution in [0.1, 0.15) is 161 Å².